The minimum absolute atomic E-state index is 0.00408. The van der Waals surface area contributed by atoms with E-state index in [4.69, 9.17) is 11.6 Å². The predicted molar refractivity (Wildman–Crippen MR) is 121 cm³/mol. The third-order valence-corrected chi connectivity index (χ3v) is 5.58. The molecule has 1 aliphatic heterocycles. The highest BCUT2D eigenvalue weighted by Crippen LogP contribution is 2.31. The van der Waals surface area contributed by atoms with Crippen molar-refractivity contribution in [3.63, 3.8) is 0 Å². The van der Waals surface area contributed by atoms with Gasteiger partial charge in [0.15, 0.2) is 5.69 Å². The smallest absolute Gasteiger partial charge is 0.384 e. The van der Waals surface area contributed by atoms with Gasteiger partial charge in [-0.15, -0.1) is 0 Å². The van der Waals surface area contributed by atoms with E-state index in [2.05, 4.69) is 25.6 Å². The molecule has 0 saturated carbocycles. The van der Waals surface area contributed by atoms with Gasteiger partial charge >= 0.3 is 6.18 Å². The molecule has 1 aliphatic rings. The molecular formula is C22H24ClF3N6. The standard InChI is InChI=1S/C22H24ClF3N6/c23-15-5-6-16-17(7-10-28-18(16)13-15)27-8-4-9-29-21-30-19(22(24,25)26)14-20(31-21)32-11-2-1-3-12-32/h5-7,10,13-14H,1-4,8-9,11-12H2,(H,27,28)(H,29,30,31). The van der Waals surface area contributed by atoms with Gasteiger partial charge in [-0.1, -0.05) is 11.6 Å². The number of hydrogen-bond donors (Lipinski definition) is 2. The maximum atomic E-state index is 13.3. The number of halogens is 4. The molecule has 1 fully saturated rings. The average molecular weight is 465 g/mol. The molecule has 4 rings (SSSR count). The quantitative estimate of drug-likeness (QED) is 0.443. The highest BCUT2D eigenvalue weighted by molar-refractivity contribution is 6.31. The predicted octanol–water partition coefficient (Wildman–Crippen LogP) is 5.60. The Kier molecular flexibility index (Phi) is 6.83. The Bertz CT molecular complexity index is 1070. The lowest BCUT2D eigenvalue weighted by Gasteiger charge is -2.28. The molecule has 2 N–H and O–H groups in total. The van der Waals surface area contributed by atoms with E-state index in [1.165, 1.54) is 0 Å². The van der Waals surface area contributed by atoms with Gasteiger partial charge in [0.25, 0.3) is 0 Å². The Balaban J connectivity index is 1.37. The van der Waals surface area contributed by atoms with Crippen molar-refractivity contribution in [3.05, 3.63) is 47.2 Å². The Morgan fingerprint density at radius 2 is 1.75 bits per heavy atom. The maximum absolute atomic E-state index is 13.3. The minimum Gasteiger partial charge on any atom is -0.384 e. The number of pyridine rings is 1. The molecule has 0 radical (unpaired) electrons. The van der Waals surface area contributed by atoms with Crippen LogP contribution in [0.4, 0.5) is 30.6 Å². The van der Waals surface area contributed by atoms with Crippen molar-refractivity contribution in [1.82, 2.24) is 15.0 Å². The van der Waals surface area contributed by atoms with E-state index in [0.29, 0.717) is 43.4 Å². The van der Waals surface area contributed by atoms with Crippen molar-refractivity contribution >= 4 is 40.0 Å². The van der Waals surface area contributed by atoms with E-state index in [1.54, 1.807) is 12.3 Å². The second-order valence-electron chi connectivity index (χ2n) is 7.71. The first-order chi connectivity index (χ1) is 15.4. The van der Waals surface area contributed by atoms with Gasteiger partial charge in [0.05, 0.1) is 5.52 Å². The van der Waals surface area contributed by atoms with Crippen LogP contribution >= 0.6 is 11.6 Å². The highest BCUT2D eigenvalue weighted by atomic mass is 35.5. The van der Waals surface area contributed by atoms with E-state index in [0.717, 1.165) is 41.9 Å². The van der Waals surface area contributed by atoms with E-state index in [-0.39, 0.29) is 5.95 Å². The number of anilines is 3. The summed E-state index contributed by atoms with van der Waals surface area (Å²) in [5.41, 5.74) is 0.799. The lowest BCUT2D eigenvalue weighted by molar-refractivity contribution is -0.141. The van der Waals surface area contributed by atoms with Crippen LogP contribution in [0.15, 0.2) is 36.5 Å². The molecular weight excluding hydrogens is 441 g/mol. The van der Waals surface area contributed by atoms with Crippen molar-refractivity contribution in [2.45, 2.75) is 31.9 Å². The SMILES string of the molecule is FC(F)(F)c1cc(N2CCCCC2)nc(NCCCNc2ccnc3cc(Cl)ccc23)n1. The minimum atomic E-state index is -4.52. The molecule has 1 aromatic carbocycles. The molecule has 0 atom stereocenters. The molecule has 6 nitrogen and oxygen atoms in total. The molecule has 3 heterocycles. The molecule has 32 heavy (non-hydrogen) atoms. The number of piperidine rings is 1. The third-order valence-electron chi connectivity index (χ3n) is 5.34. The summed E-state index contributed by atoms with van der Waals surface area (Å²) >= 11 is 6.02. The van der Waals surface area contributed by atoms with Gasteiger partial charge in [-0.05, 0) is 49.9 Å². The van der Waals surface area contributed by atoms with Crippen LogP contribution in [0.5, 0.6) is 0 Å². The van der Waals surface area contributed by atoms with Crippen LogP contribution in [0.1, 0.15) is 31.4 Å². The fourth-order valence-corrected chi connectivity index (χ4v) is 3.90. The zero-order valence-corrected chi connectivity index (χ0v) is 18.2. The van der Waals surface area contributed by atoms with Crippen LogP contribution in [0, 0.1) is 0 Å². The summed E-state index contributed by atoms with van der Waals surface area (Å²) in [7, 11) is 0. The first kappa shape index (κ1) is 22.4. The fourth-order valence-electron chi connectivity index (χ4n) is 3.73. The maximum Gasteiger partial charge on any atom is 0.433 e. The molecule has 10 heteroatoms. The largest absolute Gasteiger partial charge is 0.433 e. The summed E-state index contributed by atoms with van der Waals surface area (Å²) in [5.74, 6) is 0.332. The zero-order valence-electron chi connectivity index (χ0n) is 17.4. The topological polar surface area (TPSA) is 66.0 Å². The average Bonchev–Trinajstić information content (AvgIpc) is 2.78. The second kappa shape index (κ2) is 9.77. The van der Waals surface area contributed by atoms with Crippen molar-refractivity contribution in [2.24, 2.45) is 0 Å². The van der Waals surface area contributed by atoms with Crippen LogP contribution in [-0.4, -0.2) is 41.1 Å². The van der Waals surface area contributed by atoms with Gasteiger partial charge in [-0.25, -0.2) is 4.98 Å². The summed E-state index contributed by atoms with van der Waals surface area (Å²) in [6, 6.07) is 8.44. The van der Waals surface area contributed by atoms with Gasteiger partial charge in [0, 0.05) is 54.5 Å². The van der Waals surface area contributed by atoms with E-state index in [1.807, 2.05) is 23.1 Å². The normalized spacial score (nSPS) is 14.6. The van der Waals surface area contributed by atoms with Crippen molar-refractivity contribution < 1.29 is 13.2 Å². The van der Waals surface area contributed by atoms with Crippen molar-refractivity contribution in [2.75, 3.05) is 41.7 Å². The molecule has 0 spiro atoms. The van der Waals surface area contributed by atoms with E-state index < -0.39 is 11.9 Å². The molecule has 0 aliphatic carbocycles. The van der Waals surface area contributed by atoms with Crippen LogP contribution in [0.2, 0.25) is 5.02 Å². The van der Waals surface area contributed by atoms with Crippen LogP contribution in [-0.2, 0) is 6.18 Å². The molecule has 0 amide bonds. The number of hydrogen-bond acceptors (Lipinski definition) is 6. The van der Waals surface area contributed by atoms with Crippen molar-refractivity contribution in [3.8, 4) is 0 Å². The number of nitrogens with zero attached hydrogens (tertiary/aromatic N) is 4. The van der Waals surface area contributed by atoms with E-state index in [9.17, 15) is 13.2 Å². The van der Waals surface area contributed by atoms with Crippen molar-refractivity contribution in [1.29, 1.82) is 0 Å². The number of fused-ring (bicyclic) bond motifs is 1. The van der Waals surface area contributed by atoms with Gasteiger partial charge in [-0.3, -0.25) is 4.98 Å². The van der Waals surface area contributed by atoms with Gasteiger partial charge in [0.2, 0.25) is 5.95 Å². The lowest BCUT2D eigenvalue weighted by atomic mass is 10.1. The monoisotopic (exact) mass is 464 g/mol. The zero-order chi connectivity index (χ0) is 22.6. The molecule has 1 saturated heterocycles. The number of aromatic nitrogens is 3. The number of alkyl halides is 3. The molecule has 0 unspecified atom stereocenters. The number of nitrogens with one attached hydrogen (secondary N) is 2. The molecule has 170 valence electrons. The fraction of sp³-hybridized carbons (Fsp3) is 0.409. The van der Waals surface area contributed by atoms with Crippen LogP contribution in [0.3, 0.4) is 0 Å². The van der Waals surface area contributed by atoms with Gasteiger partial charge in [-0.2, -0.15) is 18.2 Å². The summed E-state index contributed by atoms with van der Waals surface area (Å²) in [6.07, 6.45) is 0.849. The van der Waals surface area contributed by atoms with Crippen LogP contribution in [0.25, 0.3) is 10.9 Å². The third kappa shape index (κ3) is 5.51. The summed E-state index contributed by atoms with van der Waals surface area (Å²) in [4.78, 5) is 14.2. The van der Waals surface area contributed by atoms with Gasteiger partial charge < -0.3 is 15.5 Å². The first-order valence-electron chi connectivity index (χ1n) is 10.6. The first-order valence-corrected chi connectivity index (χ1v) is 11.0. The van der Waals surface area contributed by atoms with Crippen LogP contribution < -0.4 is 15.5 Å². The highest BCUT2D eigenvalue weighted by Gasteiger charge is 2.34. The summed E-state index contributed by atoms with van der Waals surface area (Å²) in [5, 5.41) is 7.87. The Hall–Kier alpha value is -2.81. The summed E-state index contributed by atoms with van der Waals surface area (Å²) < 4.78 is 40.0. The Morgan fingerprint density at radius 1 is 0.969 bits per heavy atom. The lowest BCUT2D eigenvalue weighted by Crippen LogP contribution is -2.31. The van der Waals surface area contributed by atoms with Gasteiger partial charge in [0.1, 0.15) is 5.82 Å². The van der Waals surface area contributed by atoms with E-state index >= 15 is 0 Å². The summed E-state index contributed by atoms with van der Waals surface area (Å²) in [6.45, 7) is 2.47. The number of benzene rings is 1. The molecule has 3 aromatic rings. The Morgan fingerprint density at radius 3 is 2.53 bits per heavy atom. The molecule has 0 bridgehead atoms. The Labute approximate surface area is 189 Å². The molecule has 2 aromatic heterocycles. The second-order valence-corrected chi connectivity index (χ2v) is 8.14. The number of rotatable bonds is 7.